The number of hydrogen-bond donors (Lipinski definition) is 0. The third-order valence-corrected chi connectivity index (χ3v) is 4.01. The molecule has 2 aromatic rings. The van der Waals surface area contributed by atoms with Gasteiger partial charge in [0.2, 0.25) is 0 Å². The first-order valence-electron chi connectivity index (χ1n) is 5.95. The Morgan fingerprint density at radius 2 is 2.06 bits per heavy atom. The molecule has 1 heterocycles. The topological polar surface area (TPSA) is 25.8 Å². The zero-order valence-corrected chi connectivity index (χ0v) is 12.3. The maximum Gasteiger partial charge on any atom is 0.136 e. The molecule has 18 heavy (non-hydrogen) atoms. The second-order valence-electron chi connectivity index (χ2n) is 4.63. The van der Waals surface area contributed by atoms with Gasteiger partial charge < -0.3 is 0 Å². The Morgan fingerprint density at radius 1 is 1.28 bits per heavy atom. The molecule has 0 aliphatic heterocycles. The molecule has 1 aromatic carbocycles. The SMILES string of the molecule is Cc1c(Cl)nc(C2CC2)nc1-c1cccc(Br)c1. The first kappa shape index (κ1) is 12.1. The molecule has 1 aliphatic rings. The number of benzene rings is 1. The highest BCUT2D eigenvalue weighted by molar-refractivity contribution is 9.10. The molecule has 92 valence electrons. The molecule has 0 unspecified atom stereocenters. The number of rotatable bonds is 2. The molecule has 0 bridgehead atoms. The van der Waals surface area contributed by atoms with Crippen LogP contribution < -0.4 is 0 Å². The van der Waals surface area contributed by atoms with E-state index < -0.39 is 0 Å². The average molecular weight is 324 g/mol. The van der Waals surface area contributed by atoms with Crippen molar-refractivity contribution in [2.75, 3.05) is 0 Å². The highest BCUT2D eigenvalue weighted by Crippen LogP contribution is 2.40. The van der Waals surface area contributed by atoms with Gasteiger partial charge >= 0.3 is 0 Å². The lowest BCUT2D eigenvalue weighted by molar-refractivity contribution is 0.922. The van der Waals surface area contributed by atoms with E-state index in [4.69, 9.17) is 16.6 Å². The fourth-order valence-corrected chi connectivity index (χ4v) is 2.52. The van der Waals surface area contributed by atoms with E-state index in [1.54, 1.807) is 0 Å². The number of halogens is 2. The van der Waals surface area contributed by atoms with Crippen LogP contribution in [0, 0.1) is 6.92 Å². The molecule has 0 spiro atoms. The molecule has 1 aromatic heterocycles. The van der Waals surface area contributed by atoms with Crippen LogP contribution >= 0.6 is 27.5 Å². The number of hydrogen-bond acceptors (Lipinski definition) is 2. The number of aromatic nitrogens is 2. The zero-order valence-electron chi connectivity index (χ0n) is 9.95. The highest BCUT2D eigenvalue weighted by atomic mass is 79.9. The van der Waals surface area contributed by atoms with E-state index in [0.29, 0.717) is 11.1 Å². The van der Waals surface area contributed by atoms with Gasteiger partial charge in [-0.25, -0.2) is 9.97 Å². The molecule has 3 rings (SSSR count). The summed E-state index contributed by atoms with van der Waals surface area (Å²) in [6.45, 7) is 1.97. The van der Waals surface area contributed by atoms with Crippen molar-refractivity contribution >= 4 is 27.5 Å². The van der Waals surface area contributed by atoms with Crippen molar-refractivity contribution in [3.63, 3.8) is 0 Å². The van der Waals surface area contributed by atoms with E-state index in [1.165, 1.54) is 12.8 Å². The minimum absolute atomic E-state index is 0.508. The fourth-order valence-electron chi connectivity index (χ4n) is 1.95. The summed E-state index contributed by atoms with van der Waals surface area (Å²) in [5, 5.41) is 0.571. The molecular weight excluding hydrogens is 312 g/mol. The van der Waals surface area contributed by atoms with Crippen LogP contribution in [0.2, 0.25) is 5.15 Å². The van der Waals surface area contributed by atoms with Crippen LogP contribution in [0.5, 0.6) is 0 Å². The Labute approximate surface area is 120 Å². The summed E-state index contributed by atoms with van der Waals surface area (Å²) in [5.74, 6) is 1.40. The van der Waals surface area contributed by atoms with Gasteiger partial charge in [0.05, 0.1) is 5.69 Å². The van der Waals surface area contributed by atoms with Crippen LogP contribution in [-0.4, -0.2) is 9.97 Å². The van der Waals surface area contributed by atoms with Crippen LogP contribution in [0.4, 0.5) is 0 Å². The molecule has 0 radical (unpaired) electrons. The van der Waals surface area contributed by atoms with E-state index >= 15 is 0 Å². The largest absolute Gasteiger partial charge is 0.232 e. The van der Waals surface area contributed by atoms with Crippen molar-refractivity contribution in [2.24, 2.45) is 0 Å². The minimum atomic E-state index is 0.508. The first-order chi connectivity index (χ1) is 8.65. The third kappa shape index (κ3) is 2.29. The maximum atomic E-state index is 6.22. The quantitative estimate of drug-likeness (QED) is 0.746. The van der Waals surface area contributed by atoms with E-state index in [9.17, 15) is 0 Å². The van der Waals surface area contributed by atoms with E-state index in [2.05, 4.69) is 27.0 Å². The van der Waals surface area contributed by atoms with Crippen molar-refractivity contribution in [2.45, 2.75) is 25.7 Å². The van der Waals surface area contributed by atoms with Crippen LogP contribution in [0.1, 0.15) is 30.1 Å². The van der Waals surface area contributed by atoms with Crippen LogP contribution in [0.15, 0.2) is 28.7 Å². The molecule has 1 fully saturated rings. The van der Waals surface area contributed by atoms with Gasteiger partial charge in [-0.3, -0.25) is 0 Å². The molecule has 2 nitrogen and oxygen atoms in total. The minimum Gasteiger partial charge on any atom is -0.232 e. The summed E-state index contributed by atoms with van der Waals surface area (Å²) in [6, 6.07) is 8.12. The Bertz CT molecular complexity index is 609. The smallest absolute Gasteiger partial charge is 0.136 e. The Kier molecular flexibility index (Phi) is 3.12. The Hall–Kier alpha value is -0.930. The summed E-state index contributed by atoms with van der Waals surface area (Å²) >= 11 is 9.70. The van der Waals surface area contributed by atoms with Crippen molar-refractivity contribution in [1.29, 1.82) is 0 Å². The molecule has 0 amide bonds. The van der Waals surface area contributed by atoms with Gasteiger partial charge in [0, 0.05) is 21.5 Å². The van der Waals surface area contributed by atoms with E-state index in [0.717, 1.165) is 27.1 Å². The average Bonchev–Trinajstić information content (AvgIpc) is 3.16. The van der Waals surface area contributed by atoms with Crippen LogP contribution in [0.3, 0.4) is 0 Å². The van der Waals surface area contributed by atoms with Crippen molar-refractivity contribution in [3.05, 3.63) is 45.3 Å². The van der Waals surface area contributed by atoms with Gasteiger partial charge in [-0.05, 0) is 31.9 Å². The van der Waals surface area contributed by atoms with Crippen LogP contribution in [0.25, 0.3) is 11.3 Å². The van der Waals surface area contributed by atoms with Gasteiger partial charge in [-0.2, -0.15) is 0 Å². The number of nitrogens with zero attached hydrogens (tertiary/aromatic N) is 2. The molecule has 0 atom stereocenters. The lowest BCUT2D eigenvalue weighted by Crippen LogP contribution is -1.99. The Balaban J connectivity index is 2.15. The van der Waals surface area contributed by atoms with Crippen molar-refractivity contribution < 1.29 is 0 Å². The standard InChI is InChI=1S/C14H12BrClN2/c1-8-12(10-3-2-4-11(15)7-10)17-14(9-5-6-9)18-13(8)16/h2-4,7,9H,5-6H2,1H3. The van der Waals surface area contributed by atoms with E-state index in [1.807, 2.05) is 25.1 Å². The molecule has 4 heteroatoms. The molecule has 1 aliphatic carbocycles. The van der Waals surface area contributed by atoms with Gasteiger partial charge in [-0.15, -0.1) is 0 Å². The third-order valence-electron chi connectivity index (χ3n) is 3.14. The van der Waals surface area contributed by atoms with Gasteiger partial charge in [0.25, 0.3) is 0 Å². The molecule has 0 saturated heterocycles. The zero-order chi connectivity index (χ0) is 12.7. The predicted octanol–water partition coefficient (Wildman–Crippen LogP) is 4.75. The molecular formula is C14H12BrClN2. The summed E-state index contributed by atoms with van der Waals surface area (Å²) < 4.78 is 1.04. The monoisotopic (exact) mass is 322 g/mol. The van der Waals surface area contributed by atoms with Crippen molar-refractivity contribution in [1.82, 2.24) is 9.97 Å². The highest BCUT2D eigenvalue weighted by Gasteiger charge is 2.28. The van der Waals surface area contributed by atoms with Crippen molar-refractivity contribution in [3.8, 4) is 11.3 Å². The van der Waals surface area contributed by atoms with E-state index in [-0.39, 0.29) is 0 Å². The second kappa shape index (κ2) is 4.63. The predicted molar refractivity (Wildman–Crippen MR) is 76.9 cm³/mol. The van der Waals surface area contributed by atoms with Gasteiger partial charge in [-0.1, -0.05) is 39.7 Å². The fraction of sp³-hybridized carbons (Fsp3) is 0.286. The van der Waals surface area contributed by atoms with Crippen LogP contribution in [-0.2, 0) is 0 Å². The summed E-state index contributed by atoms with van der Waals surface area (Å²) in [6.07, 6.45) is 2.36. The molecule has 0 N–H and O–H groups in total. The normalized spacial score (nSPS) is 14.8. The van der Waals surface area contributed by atoms with Gasteiger partial charge in [0.15, 0.2) is 0 Å². The summed E-state index contributed by atoms with van der Waals surface area (Å²) in [5.41, 5.74) is 2.96. The summed E-state index contributed by atoms with van der Waals surface area (Å²) in [7, 11) is 0. The molecule has 1 saturated carbocycles. The Morgan fingerprint density at radius 3 is 2.72 bits per heavy atom. The van der Waals surface area contributed by atoms with Gasteiger partial charge in [0.1, 0.15) is 11.0 Å². The lowest BCUT2D eigenvalue weighted by Gasteiger charge is -2.09. The maximum absolute atomic E-state index is 6.22. The first-order valence-corrected chi connectivity index (χ1v) is 7.12. The summed E-state index contributed by atoms with van der Waals surface area (Å²) in [4.78, 5) is 9.08. The second-order valence-corrected chi connectivity index (χ2v) is 5.90. The lowest BCUT2D eigenvalue weighted by atomic mass is 10.1.